The minimum absolute atomic E-state index is 0.0979. The van der Waals surface area contributed by atoms with Crippen LogP contribution >= 0.6 is 23.2 Å². The van der Waals surface area contributed by atoms with E-state index in [9.17, 15) is 14.9 Å². The monoisotopic (exact) mass is 369 g/mol. The predicted octanol–water partition coefficient (Wildman–Crippen LogP) is 2.87. The van der Waals surface area contributed by atoms with Gasteiger partial charge in [0.2, 0.25) is 0 Å². The number of aromatic nitrogens is 2. The molecule has 2 aromatic rings. The number of amides is 1. The van der Waals surface area contributed by atoms with Crippen molar-refractivity contribution in [2.24, 2.45) is 5.10 Å². The highest BCUT2D eigenvalue weighted by Gasteiger charge is 2.22. The second kappa shape index (κ2) is 7.41. The Labute approximate surface area is 147 Å². The molecule has 0 aliphatic heterocycles. The van der Waals surface area contributed by atoms with Gasteiger partial charge < -0.3 is 0 Å². The summed E-state index contributed by atoms with van der Waals surface area (Å²) >= 11 is 11.8. The van der Waals surface area contributed by atoms with Crippen LogP contribution in [0.25, 0.3) is 0 Å². The van der Waals surface area contributed by atoms with Crippen LogP contribution in [-0.4, -0.2) is 26.8 Å². The van der Waals surface area contributed by atoms with E-state index in [0.717, 1.165) is 0 Å². The number of rotatable bonds is 5. The molecule has 0 fully saturated rings. The maximum atomic E-state index is 11.9. The summed E-state index contributed by atoms with van der Waals surface area (Å²) in [5.41, 5.74) is 3.36. The first-order valence-electron chi connectivity index (χ1n) is 6.75. The van der Waals surface area contributed by atoms with E-state index in [0.29, 0.717) is 21.3 Å². The Balaban J connectivity index is 2.02. The fraction of sp³-hybridized carbons (Fsp3) is 0.214. The summed E-state index contributed by atoms with van der Waals surface area (Å²) in [6.45, 7) is 2.86. The average Bonchev–Trinajstić information content (AvgIpc) is 2.75. The van der Waals surface area contributed by atoms with Gasteiger partial charge in [0.1, 0.15) is 17.9 Å². The van der Waals surface area contributed by atoms with Crippen LogP contribution in [0.3, 0.4) is 0 Å². The molecule has 0 aliphatic carbocycles. The van der Waals surface area contributed by atoms with Crippen LogP contribution < -0.4 is 5.43 Å². The summed E-state index contributed by atoms with van der Waals surface area (Å²) in [6, 6.07) is 4.86. The number of nitrogens with zero attached hydrogens (tertiary/aromatic N) is 4. The highest BCUT2D eigenvalue weighted by atomic mass is 35.5. The number of hydrazone groups is 1. The molecule has 0 saturated carbocycles. The third-order valence-electron chi connectivity index (χ3n) is 3.17. The zero-order valence-electron chi connectivity index (χ0n) is 12.8. The predicted molar refractivity (Wildman–Crippen MR) is 90.6 cm³/mol. The smallest absolute Gasteiger partial charge is 0.271 e. The minimum atomic E-state index is -0.521. The summed E-state index contributed by atoms with van der Waals surface area (Å²) in [5.74, 6) is -0.475. The van der Waals surface area contributed by atoms with Crippen molar-refractivity contribution < 1.29 is 9.72 Å². The highest BCUT2D eigenvalue weighted by Crippen LogP contribution is 2.21. The Morgan fingerprint density at radius 3 is 2.75 bits per heavy atom. The lowest BCUT2D eigenvalue weighted by atomic mass is 10.2. The summed E-state index contributed by atoms with van der Waals surface area (Å²) in [4.78, 5) is 22.3. The molecule has 1 heterocycles. The quantitative estimate of drug-likeness (QED) is 0.497. The van der Waals surface area contributed by atoms with Gasteiger partial charge >= 0.3 is 5.69 Å². The van der Waals surface area contributed by atoms with Gasteiger partial charge in [-0.15, -0.1) is 0 Å². The van der Waals surface area contributed by atoms with Crippen molar-refractivity contribution in [2.45, 2.75) is 20.4 Å². The van der Waals surface area contributed by atoms with Gasteiger partial charge in [-0.3, -0.25) is 19.6 Å². The van der Waals surface area contributed by atoms with Crippen molar-refractivity contribution in [3.05, 3.63) is 55.3 Å². The Hall–Kier alpha value is -2.45. The van der Waals surface area contributed by atoms with Crippen LogP contribution in [-0.2, 0) is 11.3 Å². The molecular weight excluding hydrogens is 357 g/mol. The summed E-state index contributed by atoms with van der Waals surface area (Å²) < 4.78 is 1.26. The SMILES string of the molecule is Cc1nn(CC(=O)N/N=C\c2ccc(Cl)cc2Cl)c(C)c1[N+](=O)[O-]. The lowest BCUT2D eigenvalue weighted by Gasteiger charge is -2.02. The molecule has 1 aromatic carbocycles. The van der Waals surface area contributed by atoms with Gasteiger partial charge in [-0.05, 0) is 26.0 Å². The lowest BCUT2D eigenvalue weighted by Crippen LogP contribution is -2.24. The van der Waals surface area contributed by atoms with E-state index < -0.39 is 10.8 Å². The van der Waals surface area contributed by atoms with Crippen molar-refractivity contribution in [3.8, 4) is 0 Å². The zero-order chi connectivity index (χ0) is 17.9. The molecule has 1 amide bonds. The second-order valence-corrected chi connectivity index (χ2v) is 5.74. The van der Waals surface area contributed by atoms with E-state index in [1.54, 1.807) is 18.2 Å². The number of hydrogen-bond acceptors (Lipinski definition) is 5. The Morgan fingerprint density at radius 1 is 1.46 bits per heavy atom. The Kier molecular flexibility index (Phi) is 5.53. The lowest BCUT2D eigenvalue weighted by molar-refractivity contribution is -0.386. The third-order valence-corrected chi connectivity index (χ3v) is 3.74. The number of nitrogens with one attached hydrogen (secondary N) is 1. The molecule has 1 aromatic heterocycles. The fourth-order valence-electron chi connectivity index (χ4n) is 2.06. The number of halogens is 2. The number of nitro groups is 1. The molecule has 0 atom stereocenters. The summed E-state index contributed by atoms with van der Waals surface area (Å²) in [7, 11) is 0. The molecule has 1 N–H and O–H groups in total. The molecule has 0 bridgehead atoms. The van der Waals surface area contributed by atoms with Crippen molar-refractivity contribution in [1.29, 1.82) is 0 Å². The van der Waals surface area contributed by atoms with Crippen molar-refractivity contribution in [3.63, 3.8) is 0 Å². The van der Waals surface area contributed by atoms with Gasteiger partial charge in [0.15, 0.2) is 0 Å². The number of carbonyl (C=O) groups excluding carboxylic acids is 1. The zero-order valence-corrected chi connectivity index (χ0v) is 14.3. The van der Waals surface area contributed by atoms with Crippen LogP contribution in [0.4, 0.5) is 5.69 Å². The van der Waals surface area contributed by atoms with Gasteiger partial charge in [0, 0.05) is 10.6 Å². The van der Waals surface area contributed by atoms with Gasteiger partial charge in [-0.2, -0.15) is 10.2 Å². The first-order valence-corrected chi connectivity index (χ1v) is 7.50. The van der Waals surface area contributed by atoms with Crippen molar-refractivity contribution in [2.75, 3.05) is 0 Å². The summed E-state index contributed by atoms with van der Waals surface area (Å²) in [6.07, 6.45) is 1.38. The van der Waals surface area contributed by atoms with Gasteiger partial charge in [-0.1, -0.05) is 29.3 Å². The Bertz CT molecular complexity index is 832. The molecule has 0 spiro atoms. The molecule has 0 aliphatic rings. The molecular formula is C14H13Cl2N5O3. The molecule has 0 radical (unpaired) electrons. The first kappa shape index (κ1) is 17.9. The van der Waals surface area contributed by atoms with Crippen LogP contribution in [0.2, 0.25) is 10.0 Å². The number of aryl methyl sites for hydroxylation is 1. The van der Waals surface area contributed by atoms with E-state index in [1.165, 1.54) is 24.7 Å². The second-order valence-electron chi connectivity index (χ2n) is 4.89. The maximum Gasteiger partial charge on any atom is 0.312 e. The van der Waals surface area contributed by atoms with E-state index in [2.05, 4.69) is 15.6 Å². The van der Waals surface area contributed by atoms with Crippen molar-refractivity contribution >= 4 is 41.0 Å². The molecule has 0 saturated heterocycles. The van der Waals surface area contributed by atoms with E-state index >= 15 is 0 Å². The van der Waals surface area contributed by atoms with E-state index in [1.807, 2.05) is 0 Å². The molecule has 10 heteroatoms. The maximum absolute atomic E-state index is 11.9. The topological polar surface area (TPSA) is 102 Å². The van der Waals surface area contributed by atoms with Crippen LogP contribution in [0.15, 0.2) is 23.3 Å². The normalized spacial score (nSPS) is 11.0. The largest absolute Gasteiger partial charge is 0.312 e. The van der Waals surface area contributed by atoms with E-state index in [-0.39, 0.29) is 17.9 Å². The summed E-state index contributed by atoms with van der Waals surface area (Å²) in [5, 5.41) is 19.6. The van der Waals surface area contributed by atoms with Crippen LogP contribution in [0.5, 0.6) is 0 Å². The van der Waals surface area contributed by atoms with Gasteiger partial charge in [0.05, 0.1) is 16.2 Å². The average molecular weight is 370 g/mol. The van der Waals surface area contributed by atoms with E-state index in [4.69, 9.17) is 23.2 Å². The van der Waals surface area contributed by atoms with Crippen molar-refractivity contribution in [1.82, 2.24) is 15.2 Å². The minimum Gasteiger partial charge on any atom is -0.271 e. The fourth-order valence-corrected chi connectivity index (χ4v) is 2.51. The highest BCUT2D eigenvalue weighted by molar-refractivity contribution is 6.36. The third kappa shape index (κ3) is 4.09. The molecule has 126 valence electrons. The standard InChI is InChI=1S/C14H13Cl2N5O3/c1-8-14(21(23)24)9(2)20(19-8)7-13(22)18-17-6-10-3-4-11(15)5-12(10)16/h3-6H,7H2,1-2H3,(H,18,22)/b17-6-. The molecule has 24 heavy (non-hydrogen) atoms. The number of carbonyl (C=O) groups is 1. The van der Waals surface area contributed by atoms with Crippen LogP contribution in [0.1, 0.15) is 17.0 Å². The molecule has 2 rings (SSSR count). The first-order chi connectivity index (χ1) is 11.3. The molecule has 8 nitrogen and oxygen atoms in total. The number of hydrogen-bond donors (Lipinski definition) is 1. The van der Waals surface area contributed by atoms with Gasteiger partial charge in [-0.25, -0.2) is 5.43 Å². The van der Waals surface area contributed by atoms with Crippen LogP contribution in [0, 0.1) is 24.0 Å². The Morgan fingerprint density at radius 2 is 2.17 bits per heavy atom. The molecule has 0 unspecified atom stereocenters. The number of benzene rings is 1. The van der Waals surface area contributed by atoms with Gasteiger partial charge in [0.25, 0.3) is 5.91 Å².